The lowest BCUT2D eigenvalue weighted by atomic mass is 10.1. The number of hydrogen-bond acceptors (Lipinski definition) is 9. The number of carbonyl (C=O) groups excluding carboxylic acids is 4. The molecule has 13 heteroatoms. The SMILES string of the molecule is O=C(NCc1cccc(COC(=O)OCCS(=O)(=O)O)c1)ON1C(=O)CCC1=O. The normalized spacial score (nSPS) is 13.9. The Bertz CT molecular complexity index is 883. The first-order valence-corrected chi connectivity index (χ1v) is 9.89. The molecule has 29 heavy (non-hydrogen) atoms. The predicted molar refractivity (Wildman–Crippen MR) is 93.4 cm³/mol. The smallest absolute Gasteiger partial charge is 0.433 e. The molecule has 1 aliphatic rings. The van der Waals surface area contributed by atoms with E-state index in [9.17, 15) is 27.6 Å². The first-order valence-electron chi connectivity index (χ1n) is 8.28. The molecular formula is C16H18N2O10S. The Hall–Kier alpha value is -3.19. The van der Waals surface area contributed by atoms with Gasteiger partial charge in [0.2, 0.25) is 0 Å². The standard InChI is InChI=1S/C16H18N2O10S/c19-13-4-5-14(20)18(13)28-15(21)17-9-11-2-1-3-12(8-11)10-27-16(22)26-6-7-29(23,24)25/h1-3,8H,4-7,9-10H2,(H,17,21)(H,23,24,25). The number of hydrogen-bond donors (Lipinski definition) is 2. The van der Waals surface area contributed by atoms with Crippen LogP contribution in [0.25, 0.3) is 0 Å². The summed E-state index contributed by atoms with van der Waals surface area (Å²) in [5, 5.41) is 2.80. The number of ether oxygens (including phenoxy) is 2. The molecule has 158 valence electrons. The predicted octanol–water partition coefficient (Wildman–Crippen LogP) is 0.518. The summed E-state index contributed by atoms with van der Waals surface area (Å²) in [6, 6.07) is 6.55. The molecule has 2 rings (SSSR count). The number of benzene rings is 1. The summed E-state index contributed by atoms with van der Waals surface area (Å²) in [5.41, 5.74) is 1.16. The number of rotatable bonds is 8. The van der Waals surface area contributed by atoms with Gasteiger partial charge in [0.05, 0.1) is 0 Å². The third-order valence-electron chi connectivity index (χ3n) is 3.53. The molecule has 3 amide bonds. The van der Waals surface area contributed by atoms with Crippen LogP contribution in [0.15, 0.2) is 24.3 Å². The highest BCUT2D eigenvalue weighted by molar-refractivity contribution is 7.85. The minimum absolute atomic E-state index is 0.00753. The van der Waals surface area contributed by atoms with Crippen LogP contribution in [0, 0.1) is 0 Å². The van der Waals surface area contributed by atoms with Gasteiger partial charge in [0.25, 0.3) is 21.9 Å². The summed E-state index contributed by atoms with van der Waals surface area (Å²) >= 11 is 0. The topological polar surface area (TPSA) is 166 Å². The van der Waals surface area contributed by atoms with Gasteiger partial charge < -0.3 is 19.6 Å². The molecular weight excluding hydrogens is 412 g/mol. The Labute approximate surface area is 165 Å². The lowest BCUT2D eigenvalue weighted by Crippen LogP contribution is -2.36. The van der Waals surface area contributed by atoms with Crippen LogP contribution < -0.4 is 5.32 Å². The molecule has 1 aliphatic heterocycles. The minimum Gasteiger partial charge on any atom is -0.433 e. The molecule has 0 spiro atoms. The van der Waals surface area contributed by atoms with Crippen molar-refractivity contribution in [1.29, 1.82) is 0 Å². The summed E-state index contributed by atoms with van der Waals surface area (Å²) < 4.78 is 38.9. The van der Waals surface area contributed by atoms with Crippen molar-refractivity contribution < 1.29 is 46.5 Å². The number of amides is 3. The highest BCUT2D eigenvalue weighted by atomic mass is 32.2. The number of hydroxylamine groups is 2. The first-order chi connectivity index (χ1) is 13.6. The molecule has 2 N–H and O–H groups in total. The molecule has 0 radical (unpaired) electrons. The van der Waals surface area contributed by atoms with Crippen LogP contribution in [0.1, 0.15) is 24.0 Å². The van der Waals surface area contributed by atoms with Crippen LogP contribution in [0.2, 0.25) is 0 Å². The Balaban J connectivity index is 1.75. The van der Waals surface area contributed by atoms with Crippen LogP contribution in [0.5, 0.6) is 0 Å². The Morgan fingerprint density at radius 2 is 1.76 bits per heavy atom. The molecule has 1 heterocycles. The second kappa shape index (κ2) is 9.84. The third kappa shape index (κ3) is 7.75. The van der Waals surface area contributed by atoms with Crippen molar-refractivity contribution in [2.45, 2.75) is 26.0 Å². The van der Waals surface area contributed by atoms with Gasteiger partial charge in [-0.3, -0.25) is 14.1 Å². The fourth-order valence-electron chi connectivity index (χ4n) is 2.19. The zero-order chi connectivity index (χ0) is 21.4. The van der Waals surface area contributed by atoms with Crippen LogP contribution in [-0.4, -0.2) is 54.5 Å². The minimum atomic E-state index is -4.24. The van der Waals surface area contributed by atoms with Crippen molar-refractivity contribution in [2.24, 2.45) is 0 Å². The van der Waals surface area contributed by atoms with Gasteiger partial charge in [-0.25, -0.2) is 9.59 Å². The average molecular weight is 430 g/mol. The van der Waals surface area contributed by atoms with Gasteiger partial charge in [0, 0.05) is 19.4 Å². The average Bonchev–Trinajstić information content (AvgIpc) is 2.96. The van der Waals surface area contributed by atoms with E-state index in [2.05, 4.69) is 14.9 Å². The maximum Gasteiger partial charge on any atom is 0.508 e. The molecule has 0 aliphatic carbocycles. The summed E-state index contributed by atoms with van der Waals surface area (Å²) in [5.74, 6) is -1.92. The number of nitrogens with zero attached hydrogens (tertiary/aromatic N) is 1. The van der Waals surface area contributed by atoms with Crippen molar-refractivity contribution >= 4 is 34.2 Å². The third-order valence-corrected chi connectivity index (χ3v) is 4.21. The highest BCUT2D eigenvalue weighted by Gasteiger charge is 2.32. The Morgan fingerprint density at radius 3 is 2.41 bits per heavy atom. The zero-order valence-corrected chi connectivity index (χ0v) is 15.8. The van der Waals surface area contributed by atoms with Crippen molar-refractivity contribution in [3.05, 3.63) is 35.4 Å². The summed E-state index contributed by atoms with van der Waals surface area (Å²) in [7, 11) is -4.24. The van der Waals surface area contributed by atoms with Gasteiger partial charge >= 0.3 is 12.2 Å². The lowest BCUT2D eigenvalue weighted by Gasteiger charge is -2.13. The first kappa shape index (κ1) is 22.1. The molecule has 0 saturated carbocycles. The number of carbonyl (C=O) groups is 4. The molecule has 1 aromatic rings. The van der Waals surface area contributed by atoms with E-state index in [1.165, 1.54) is 0 Å². The van der Waals surface area contributed by atoms with Crippen molar-refractivity contribution in [3.8, 4) is 0 Å². The number of imide groups is 1. The monoisotopic (exact) mass is 430 g/mol. The second-order valence-corrected chi connectivity index (χ2v) is 7.38. The molecule has 1 aromatic carbocycles. The quantitative estimate of drug-likeness (QED) is 0.337. The van der Waals surface area contributed by atoms with E-state index in [1.807, 2.05) is 0 Å². The van der Waals surface area contributed by atoms with Crippen LogP contribution in [0.3, 0.4) is 0 Å². The second-order valence-electron chi connectivity index (χ2n) is 5.81. The largest absolute Gasteiger partial charge is 0.508 e. The van der Waals surface area contributed by atoms with E-state index in [1.54, 1.807) is 24.3 Å². The highest BCUT2D eigenvalue weighted by Crippen LogP contribution is 2.12. The van der Waals surface area contributed by atoms with E-state index in [4.69, 9.17) is 9.29 Å². The molecule has 0 bridgehead atoms. The van der Waals surface area contributed by atoms with E-state index in [-0.39, 0.29) is 26.0 Å². The van der Waals surface area contributed by atoms with Gasteiger partial charge in [-0.2, -0.15) is 8.42 Å². The van der Waals surface area contributed by atoms with Gasteiger partial charge in [-0.1, -0.05) is 24.3 Å². The maximum absolute atomic E-state index is 11.7. The molecule has 0 aromatic heterocycles. The molecule has 1 saturated heterocycles. The van der Waals surface area contributed by atoms with Crippen molar-refractivity contribution in [3.63, 3.8) is 0 Å². The van der Waals surface area contributed by atoms with Gasteiger partial charge in [-0.05, 0) is 11.1 Å². The van der Waals surface area contributed by atoms with E-state index < -0.39 is 46.5 Å². The molecule has 1 fully saturated rings. The Morgan fingerprint density at radius 1 is 1.10 bits per heavy atom. The number of nitrogens with one attached hydrogen (secondary N) is 1. The van der Waals surface area contributed by atoms with Crippen LogP contribution in [-0.2, 0) is 47.2 Å². The fraction of sp³-hybridized carbons (Fsp3) is 0.375. The van der Waals surface area contributed by atoms with E-state index in [0.717, 1.165) is 0 Å². The van der Waals surface area contributed by atoms with Gasteiger partial charge in [-0.15, -0.1) is 5.06 Å². The van der Waals surface area contributed by atoms with Crippen molar-refractivity contribution in [2.75, 3.05) is 12.4 Å². The molecule has 12 nitrogen and oxygen atoms in total. The lowest BCUT2D eigenvalue weighted by molar-refractivity contribution is -0.171. The maximum atomic E-state index is 11.7. The van der Waals surface area contributed by atoms with Crippen molar-refractivity contribution in [1.82, 2.24) is 10.4 Å². The van der Waals surface area contributed by atoms with Crippen LogP contribution >= 0.6 is 0 Å². The van der Waals surface area contributed by atoms with Gasteiger partial charge in [0.1, 0.15) is 19.0 Å². The van der Waals surface area contributed by atoms with E-state index >= 15 is 0 Å². The molecule has 0 unspecified atom stereocenters. The Kier molecular flexibility index (Phi) is 7.50. The zero-order valence-electron chi connectivity index (χ0n) is 15.0. The fourth-order valence-corrected chi connectivity index (χ4v) is 2.48. The van der Waals surface area contributed by atoms with Crippen LogP contribution in [0.4, 0.5) is 9.59 Å². The summed E-state index contributed by atoms with van der Waals surface area (Å²) in [6.45, 7) is -0.715. The van der Waals surface area contributed by atoms with Gasteiger partial charge in [0.15, 0.2) is 0 Å². The summed E-state index contributed by atoms with van der Waals surface area (Å²) in [4.78, 5) is 50.5. The molecule has 0 atom stereocenters. The van der Waals surface area contributed by atoms with E-state index in [0.29, 0.717) is 16.2 Å². The summed E-state index contributed by atoms with van der Waals surface area (Å²) in [6.07, 6.45) is -2.10.